The van der Waals surface area contributed by atoms with E-state index in [4.69, 9.17) is 0 Å². The molecule has 1 fully saturated rings. The summed E-state index contributed by atoms with van der Waals surface area (Å²) in [5.74, 6) is 0.931. The Bertz CT molecular complexity index is 702. The summed E-state index contributed by atoms with van der Waals surface area (Å²) in [6, 6.07) is 14.7. The highest BCUT2D eigenvalue weighted by Gasteiger charge is 2.22. The van der Waals surface area contributed by atoms with Crippen LogP contribution in [0.2, 0.25) is 0 Å². The molecule has 0 aliphatic carbocycles. The SMILES string of the molecule is CCC1CCCCN1c1cc(C(=O)NCCCc2ccccc2)ccn1. The number of carbonyl (C=O) groups excluding carboxylic acids is 1. The number of benzene rings is 1. The molecule has 0 radical (unpaired) electrons. The van der Waals surface area contributed by atoms with Crippen molar-refractivity contribution in [2.24, 2.45) is 0 Å². The third-order valence-corrected chi connectivity index (χ3v) is 5.17. The third kappa shape index (κ3) is 4.84. The average Bonchev–Trinajstić information content (AvgIpc) is 2.72. The number of aryl methyl sites for hydroxylation is 1. The fourth-order valence-electron chi connectivity index (χ4n) is 3.68. The van der Waals surface area contributed by atoms with Gasteiger partial charge in [-0.25, -0.2) is 4.98 Å². The van der Waals surface area contributed by atoms with Crippen molar-refractivity contribution in [2.75, 3.05) is 18.0 Å². The monoisotopic (exact) mass is 351 g/mol. The van der Waals surface area contributed by atoms with Crippen molar-refractivity contribution in [2.45, 2.75) is 51.5 Å². The van der Waals surface area contributed by atoms with Crippen molar-refractivity contribution in [3.63, 3.8) is 0 Å². The van der Waals surface area contributed by atoms with Crippen molar-refractivity contribution < 1.29 is 4.79 Å². The standard InChI is InChI=1S/C22H29N3O/c1-2-20-12-6-7-16-25(20)21-17-19(13-15-23-21)22(26)24-14-8-11-18-9-4-3-5-10-18/h3-5,9-10,13,15,17,20H,2,6-8,11-12,14,16H2,1H3,(H,24,26). The van der Waals surface area contributed by atoms with E-state index in [0.717, 1.165) is 31.6 Å². The van der Waals surface area contributed by atoms with Gasteiger partial charge in [0.2, 0.25) is 0 Å². The minimum Gasteiger partial charge on any atom is -0.354 e. The minimum absolute atomic E-state index is 0.00762. The number of nitrogens with zero attached hydrogens (tertiary/aromatic N) is 2. The van der Waals surface area contributed by atoms with Crippen molar-refractivity contribution in [3.8, 4) is 0 Å². The van der Waals surface area contributed by atoms with Crippen LogP contribution in [0.1, 0.15) is 54.9 Å². The molecule has 1 atom stereocenters. The van der Waals surface area contributed by atoms with Crippen molar-refractivity contribution >= 4 is 11.7 Å². The van der Waals surface area contributed by atoms with Gasteiger partial charge in [0.15, 0.2) is 0 Å². The molecule has 1 unspecified atom stereocenters. The Morgan fingerprint density at radius 3 is 2.88 bits per heavy atom. The van der Waals surface area contributed by atoms with Gasteiger partial charge in [-0.05, 0) is 56.2 Å². The zero-order chi connectivity index (χ0) is 18.2. The molecule has 1 N–H and O–H groups in total. The molecule has 1 aromatic carbocycles. The summed E-state index contributed by atoms with van der Waals surface area (Å²) in [5.41, 5.74) is 2.01. The Kier molecular flexibility index (Phi) is 6.64. The maximum absolute atomic E-state index is 12.5. The van der Waals surface area contributed by atoms with E-state index in [-0.39, 0.29) is 5.91 Å². The summed E-state index contributed by atoms with van der Waals surface area (Å²) in [4.78, 5) is 19.4. The first kappa shape index (κ1) is 18.4. The van der Waals surface area contributed by atoms with Crippen LogP contribution in [-0.2, 0) is 6.42 Å². The van der Waals surface area contributed by atoms with E-state index in [2.05, 4.69) is 46.4 Å². The molecule has 4 nitrogen and oxygen atoms in total. The second-order valence-corrected chi connectivity index (χ2v) is 7.00. The largest absolute Gasteiger partial charge is 0.354 e. The van der Waals surface area contributed by atoms with E-state index in [1.807, 2.05) is 12.1 Å². The van der Waals surface area contributed by atoms with Gasteiger partial charge >= 0.3 is 0 Å². The summed E-state index contributed by atoms with van der Waals surface area (Å²) in [7, 11) is 0. The summed E-state index contributed by atoms with van der Waals surface area (Å²) in [6.07, 6.45) is 8.51. The van der Waals surface area contributed by atoms with E-state index in [1.54, 1.807) is 12.3 Å². The molecule has 138 valence electrons. The molecule has 1 saturated heterocycles. The van der Waals surface area contributed by atoms with Crippen molar-refractivity contribution in [3.05, 3.63) is 59.8 Å². The molecule has 4 heteroatoms. The topological polar surface area (TPSA) is 45.2 Å². The highest BCUT2D eigenvalue weighted by Crippen LogP contribution is 2.25. The number of pyridine rings is 1. The molecule has 0 bridgehead atoms. The van der Waals surface area contributed by atoms with E-state index in [9.17, 15) is 4.79 Å². The number of amides is 1. The van der Waals surface area contributed by atoms with Crippen LogP contribution < -0.4 is 10.2 Å². The lowest BCUT2D eigenvalue weighted by Crippen LogP contribution is -2.39. The van der Waals surface area contributed by atoms with Crippen LogP contribution in [0.15, 0.2) is 48.7 Å². The van der Waals surface area contributed by atoms with Crippen LogP contribution in [0, 0.1) is 0 Å². The number of hydrogen-bond acceptors (Lipinski definition) is 3. The first-order valence-corrected chi connectivity index (χ1v) is 9.82. The van der Waals surface area contributed by atoms with Crippen LogP contribution >= 0.6 is 0 Å². The summed E-state index contributed by atoms with van der Waals surface area (Å²) in [5, 5.41) is 3.04. The number of piperidine rings is 1. The lowest BCUT2D eigenvalue weighted by atomic mass is 10.00. The molecular weight excluding hydrogens is 322 g/mol. The van der Waals surface area contributed by atoms with E-state index < -0.39 is 0 Å². The molecule has 2 aromatic rings. The molecule has 3 rings (SSSR count). The van der Waals surface area contributed by atoms with E-state index in [1.165, 1.54) is 24.8 Å². The second-order valence-electron chi connectivity index (χ2n) is 7.00. The first-order valence-electron chi connectivity index (χ1n) is 9.82. The Morgan fingerprint density at radius 1 is 1.23 bits per heavy atom. The van der Waals surface area contributed by atoms with Gasteiger partial charge in [-0.2, -0.15) is 0 Å². The lowest BCUT2D eigenvalue weighted by Gasteiger charge is -2.36. The van der Waals surface area contributed by atoms with Gasteiger partial charge in [-0.3, -0.25) is 4.79 Å². The maximum atomic E-state index is 12.5. The van der Waals surface area contributed by atoms with Crippen LogP contribution in [-0.4, -0.2) is 30.0 Å². The van der Waals surface area contributed by atoms with Gasteiger partial charge in [-0.15, -0.1) is 0 Å². The van der Waals surface area contributed by atoms with Gasteiger partial charge in [0.1, 0.15) is 5.82 Å². The van der Waals surface area contributed by atoms with Crippen LogP contribution in [0.4, 0.5) is 5.82 Å². The maximum Gasteiger partial charge on any atom is 0.251 e. The number of anilines is 1. The number of carbonyl (C=O) groups is 1. The molecule has 2 heterocycles. The molecule has 0 saturated carbocycles. The Balaban J connectivity index is 1.54. The zero-order valence-electron chi connectivity index (χ0n) is 15.7. The molecule has 1 aliphatic heterocycles. The minimum atomic E-state index is -0.00762. The number of nitrogens with one attached hydrogen (secondary N) is 1. The smallest absolute Gasteiger partial charge is 0.251 e. The normalized spacial score (nSPS) is 17.1. The van der Waals surface area contributed by atoms with E-state index in [0.29, 0.717) is 18.2 Å². The fourth-order valence-corrected chi connectivity index (χ4v) is 3.68. The summed E-state index contributed by atoms with van der Waals surface area (Å²) in [6.45, 7) is 3.95. The van der Waals surface area contributed by atoms with Crippen molar-refractivity contribution in [1.29, 1.82) is 0 Å². The van der Waals surface area contributed by atoms with Crippen LogP contribution in [0.25, 0.3) is 0 Å². The van der Waals surface area contributed by atoms with Gasteiger partial charge < -0.3 is 10.2 Å². The predicted octanol–water partition coefficient (Wildman–Crippen LogP) is 4.21. The van der Waals surface area contributed by atoms with Gasteiger partial charge in [0.05, 0.1) is 0 Å². The first-order chi connectivity index (χ1) is 12.8. The summed E-state index contributed by atoms with van der Waals surface area (Å²) < 4.78 is 0. The summed E-state index contributed by atoms with van der Waals surface area (Å²) >= 11 is 0. The molecule has 1 aliphatic rings. The Labute approximate surface area is 156 Å². The second kappa shape index (κ2) is 9.37. The van der Waals surface area contributed by atoms with Gasteiger partial charge in [-0.1, -0.05) is 37.3 Å². The van der Waals surface area contributed by atoms with Gasteiger partial charge in [0.25, 0.3) is 5.91 Å². The Hall–Kier alpha value is -2.36. The van der Waals surface area contributed by atoms with Crippen LogP contribution in [0.5, 0.6) is 0 Å². The average molecular weight is 351 g/mol. The predicted molar refractivity (Wildman–Crippen MR) is 107 cm³/mol. The van der Waals surface area contributed by atoms with Crippen molar-refractivity contribution in [1.82, 2.24) is 10.3 Å². The molecule has 0 spiro atoms. The fraction of sp³-hybridized carbons (Fsp3) is 0.455. The van der Waals surface area contributed by atoms with E-state index >= 15 is 0 Å². The highest BCUT2D eigenvalue weighted by molar-refractivity contribution is 5.94. The highest BCUT2D eigenvalue weighted by atomic mass is 16.1. The number of hydrogen-bond donors (Lipinski definition) is 1. The molecular formula is C22H29N3O. The number of aromatic nitrogens is 1. The van der Waals surface area contributed by atoms with Crippen LogP contribution in [0.3, 0.4) is 0 Å². The zero-order valence-corrected chi connectivity index (χ0v) is 15.7. The molecule has 1 amide bonds. The quantitative estimate of drug-likeness (QED) is 0.760. The number of rotatable bonds is 7. The lowest BCUT2D eigenvalue weighted by molar-refractivity contribution is 0.0953. The molecule has 1 aromatic heterocycles. The Morgan fingerprint density at radius 2 is 2.08 bits per heavy atom. The third-order valence-electron chi connectivity index (χ3n) is 5.17. The van der Waals surface area contributed by atoms with Gasteiger partial charge in [0, 0.05) is 30.9 Å². The molecule has 26 heavy (non-hydrogen) atoms.